The highest BCUT2D eigenvalue weighted by Crippen LogP contribution is 2.32. The van der Waals surface area contributed by atoms with Gasteiger partial charge in [-0.1, -0.05) is 47.5 Å². The number of fused-ring (bicyclic) bond motifs is 1. The molecule has 4 rings (SSSR count). The zero-order chi connectivity index (χ0) is 21.5. The van der Waals surface area contributed by atoms with Gasteiger partial charge in [0.05, 0.1) is 28.1 Å². The number of nitrogens with one attached hydrogen (secondary N) is 1. The first-order valence-electron chi connectivity index (χ1n) is 8.92. The maximum atomic E-state index is 12.5. The van der Waals surface area contributed by atoms with Crippen LogP contribution >= 0.6 is 23.2 Å². The molecule has 0 fully saturated rings. The van der Waals surface area contributed by atoms with Gasteiger partial charge in [0.15, 0.2) is 0 Å². The van der Waals surface area contributed by atoms with E-state index in [0.717, 1.165) is 6.26 Å². The van der Waals surface area contributed by atoms with Crippen molar-refractivity contribution in [2.24, 2.45) is 0 Å². The van der Waals surface area contributed by atoms with Gasteiger partial charge in [-0.2, -0.15) is 0 Å². The maximum absolute atomic E-state index is 12.5. The average Bonchev–Trinajstić information content (AvgIpc) is 3.08. The highest BCUT2D eigenvalue weighted by Gasteiger charge is 2.19. The lowest BCUT2D eigenvalue weighted by Crippen LogP contribution is -2.13. The van der Waals surface area contributed by atoms with Gasteiger partial charge < -0.3 is 5.32 Å². The third kappa shape index (κ3) is 3.94. The zero-order valence-electron chi connectivity index (χ0n) is 15.8. The van der Waals surface area contributed by atoms with Crippen LogP contribution in [0.15, 0.2) is 72.8 Å². The standard InChI is InChI=1S/C22H16Cl2N2O3S/c1-30(28,29)26-20-11-10-17(25-22(27)18-4-2-3-5-19(18)24)12-15(20)13-21(26)14-6-8-16(23)9-7-14/h2-13H,1H3,(H,25,27). The summed E-state index contributed by atoms with van der Waals surface area (Å²) in [6.45, 7) is 0. The van der Waals surface area contributed by atoms with E-state index < -0.39 is 10.0 Å². The number of amides is 1. The van der Waals surface area contributed by atoms with E-state index in [1.54, 1.807) is 72.8 Å². The normalized spacial score (nSPS) is 11.6. The molecule has 8 heteroatoms. The SMILES string of the molecule is CS(=O)(=O)n1c(-c2ccc(Cl)cc2)cc2cc(NC(=O)c3ccccc3Cl)ccc21. The fourth-order valence-corrected chi connectivity index (χ4v) is 4.68. The number of nitrogens with zero attached hydrogens (tertiary/aromatic N) is 1. The number of carbonyl (C=O) groups excluding carboxylic acids is 1. The molecule has 5 nitrogen and oxygen atoms in total. The summed E-state index contributed by atoms with van der Waals surface area (Å²) in [7, 11) is -3.58. The van der Waals surface area contributed by atoms with E-state index in [4.69, 9.17) is 23.2 Å². The Morgan fingerprint density at radius 2 is 1.63 bits per heavy atom. The van der Waals surface area contributed by atoms with Crippen molar-refractivity contribution in [2.75, 3.05) is 11.6 Å². The molecule has 0 aliphatic heterocycles. The van der Waals surface area contributed by atoms with E-state index in [1.807, 2.05) is 0 Å². The van der Waals surface area contributed by atoms with Crippen LogP contribution in [0.25, 0.3) is 22.2 Å². The second-order valence-corrected chi connectivity index (χ2v) is 9.45. The molecule has 152 valence electrons. The molecule has 0 aliphatic rings. The summed E-state index contributed by atoms with van der Waals surface area (Å²) < 4.78 is 26.3. The molecule has 3 aromatic carbocycles. The molecule has 1 amide bonds. The van der Waals surface area contributed by atoms with Gasteiger partial charge in [0.25, 0.3) is 5.91 Å². The predicted octanol–water partition coefficient (Wildman–Crippen LogP) is 5.68. The van der Waals surface area contributed by atoms with Crippen LogP contribution in [0.4, 0.5) is 5.69 Å². The molecule has 0 unspecified atom stereocenters. The molecule has 1 N–H and O–H groups in total. The van der Waals surface area contributed by atoms with Crippen LogP contribution in [0, 0.1) is 0 Å². The van der Waals surface area contributed by atoms with Crippen molar-refractivity contribution in [2.45, 2.75) is 0 Å². The van der Waals surface area contributed by atoms with Crippen LogP contribution < -0.4 is 5.32 Å². The minimum absolute atomic E-state index is 0.347. The van der Waals surface area contributed by atoms with Crippen molar-refractivity contribution in [3.05, 3.63) is 88.4 Å². The number of benzene rings is 3. The summed E-state index contributed by atoms with van der Waals surface area (Å²) >= 11 is 12.1. The van der Waals surface area contributed by atoms with Gasteiger partial charge in [-0.15, -0.1) is 0 Å². The third-order valence-corrected chi connectivity index (χ3v) is 6.24. The molecule has 4 aromatic rings. The van der Waals surface area contributed by atoms with E-state index in [0.29, 0.717) is 43.5 Å². The van der Waals surface area contributed by atoms with E-state index >= 15 is 0 Å². The van der Waals surface area contributed by atoms with Crippen molar-refractivity contribution in [1.82, 2.24) is 3.97 Å². The highest BCUT2D eigenvalue weighted by atomic mass is 35.5. The van der Waals surface area contributed by atoms with Crippen molar-refractivity contribution in [1.29, 1.82) is 0 Å². The van der Waals surface area contributed by atoms with Crippen molar-refractivity contribution < 1.29 is 13.2 Å². The second kappa shape index (κ2) is 7.80. The van der Waals surface area contributed by atoms with Gasteiger partial charge in [0.2, 0.25) is 10.0 Å². The number of aromatic nitrogens is 1. The lowest BCUT2D eigenvalue weighted by molar-refractivity contribution is 0.102. The number of hydrogen-bond donors (Lipinski definition) is 1. The third-order valence-electron chi connectivity index (χ3n) is 4.61. The predicted molar refractivity (Wildman–Crippen MR) is 122 cm³/mol. The summed E-state index contributed by atoms with van der Waals surface area (Å²) in [5.41, 5.74) is 2.62. The minimum Gasteiger partial charge on any atom is -0.322 e. The lowest BCUT2D eigenvalue weighted by atomic mass is 10.1. The molecule has 0 saturated heterocycles. The molecule has 30 heavy (non-hydrogen) atoms. The Labute approximate surface area is 183 Å². The molecular formula is C22H16Cl2N2O3S. The number of carbonyl (C=O) groups is 1. The Bertz CT molecular complexity index is 1380. The number of halogens is 2. The monoisotopic (exact) mass is 458 g/mol. The van der Waals surface area contributed by atoms with Crippen LogP contribution in [0.2, 0.25) is 10.0 Å². The van der Waals surface area contributed by atoms with Gasteiger partial charge in [-0.25, -0.2) is 12.4 Å². The fourth-order valence-electron chi connectivity index (χ4n) is 3.29. The summed E-state index contributed by atoms with van der Waals surface area (Å²) in [5, 5.41) is 4.39. The Hall–Kier alpha value is -2.80. The van der Waals surface area contributed by atoms with Crippen LogP contribution in [-0.2, 0) is 10.0 Å². The Morgan fingerprint density at radius 3 is 2.30 bits per heavy atom. The first-order chi connectivity index (χ1) is 14.2. The van der Waals surface area contributed by atoms with Crippen LogP contribution in [0.1, 0.15) is 10.4 Å². The average molecular weight is 459 g/mol. The van der Waals surface area contributed by atoms with E-state index in [9.17, 15) is 13.2 Å². The first-order valence-corrected chi connectivity index (χ1v) is 11.5. The van der Waals surface area contributed by atoms with Gasteiger partial charge in [0.1, 0.15) is 0 Å². The molecule has 0 aliphatic carbocycles. The topological polar surface area (TPSA) is 68.2 Å². The number of anilines is 1. The molecule has 0 atom stereocenters. The number of hydrogen-bond acceptors (Lipinski definition) is 3. The maximum Gasteiger partial charge on any atom is 0.257 e. The van der Waals surface area contributed by atoms with Gasteiger partial charge in [-0.3, -0.25) is 4.79 Å². The quantitative estimate of drug-likeness (QED) is 0.427. The summed E-state index contributed by atoms with van der Waals surface area (Å²) in [6, 6.07) is 20.5. The summed E-state index contributed by atoms with van der Waals surface area (Å²) in [6.07, 6.45) is 1.15. The number of rotatable bonds is 4. The van der Waals surface area contributed by atoms with Gasteiger partial charge >= 0.3 is 0 Å². The molecule has 1 heterocycles. The Morgan fingerprint density at radius 1 is 0.933 bits per heavy atom. The largest absolute Gasteiger partial charge is 0.322 e. The van der Waals surface area contributed by atoms with Crippen LogP contribution in [0.3, 0.4) is 0 Å². The molecule has 1 aromatic heterocycles. The van der Waals surface area contributed by atoms with E-state index in [2.05, 4.69) is 5.32 Å². The Kier molecular flexibility index (Phi) is 5.32. The highest BCUT2D eigenvalue weighted by molar-refractivity contribution is 7.89. The van der Waals surface area contributed by atoms with Crippen molar-refractivity contribution in [3.63, 3.8) is 0 Å². The smallest absolute Gasteiger partial charge is 0.257 e. The Balaban J connectivity index is 1.79. The van der Waals surface area contributed by atoms with Gasteiger partial charge in [0, 0.05) is 16.1 Å². The second-order valence-electron chi connectivity index (χ2n) is 6.77. The van der Waals surface area contributed by atoms with Crippen molar-refractivity contribution >= 4 is 55.7 Å². The molecule has 0 bridgehead atoms. The van der Waals surface area contributed by atoms with E-state index in [1.165, 1.54) is 3.97 Å². The molecule has 0 saturated carbocycles. The fraction of sp³-hybridized carbons (Fsp3) is 0.0455. The summed E-state index contributed by atoms with van der Waals surface area (Å²) in [5.74, 6) is -0.347. The van der Waals surface area contributed by atoms with Gasteiger partial charge in [-0.05, 0) is 54.1 Å². The van der Waals surface area contributed by atoms with Crippen LogP contribution in [0.5, 0.6) is 0 Å². The summed E-state index contributed by atoms with van der Waals surface area (Å²) in [4.78, 5) is 12.5. The minimum atomic E-state index is -3.58. The van der Waals surface area contributed by atoms with E-state index in [-0.39, 0.29) is 5.91 Å². The molecular weight excluding hydrogens is 443 g/mol. The lowest BCUT2D eigenvalue weighted by Gasteiger charge is -2.09. The molecule has 0 radical (unpaired) electrons. The molecule has 0 spiro atoms. The zero-order valence-corrected chi connectivity index (χ0v) is 18.1. The first kappa shape index (κ1) is 20.5. The van der Waals surface area contributed by atoms with Crippen molar-refractivity contribution in [3.8, 4) is 11.3 Å². The van der Waals surface area contributed by atoms with Crippen LogP contribution in [-0.4, -0.2) is 24.6 Å².